The molecule has 0 aliphatic carbocycles. The van der Waals surface area contributed by atoms with Gasteiger partial charge >= 0.3 is 0 Å². The number of rotatable bonds is 10. The van der Waals surface area contributed by atoms with Gasteiger partial charge in [0, 0.05) is 32.0 Å². The van der Waals surface area contributed by atoms with Gasteiger partial charge in [-0.15, -0.1) is 0 Å². The molecule has 0 bridgehead atoms. The number of aryl methyl sites for hydroxylation is 2. The van der Waals surface area contributed by atoms with Crippen LogP contribution in [-0.2, 0) is 17.8 Å². The average molecular weight is 482 g/mol. The van der Waals surface area contributed by atoms with Crippen molar-refractivity contribution in [3.63, 3.8) is 0 Å². The smallest absolute Gasteiger partial charge is 0.161 e. The number of ether oxygens (including phenoxy) is 4. The molecule has 8 heteroatoms. The zero-order valence-corrected chi connectivity index (χ0v) is 20.8. The molecule has 188 valence electrons. The first-order valence-electron chi connectivity index (χ1n) is 11.9. The molecule has 8 nitrogen and oxygen atoms in total. The predicted molar refractivity (Wildman–Crippen MR) is 133 cm³/mol. The molecule has 1 fully saturated rings. The second-order valence-electron chi connectivity index (χ2n) is 9.09. The van der Waals surface area contributed by atoms with Crippen molar-refractivity contribution < 1.29 is 24.1 Å². The van der Waals surface area contributed by atoms with E-state index < -0.39 is 5.60 Å². The number of imidazole rings is 1. The first kappa shape index (κ1) is 25.0. The predicted octanol–water partition coefficient (Wildman–Crippen LogP) is 3.23. The third kappa shape index (κ3) is 6.97. The molecular formula is C27H35N3O5. The minimum Gasteiger partial charge on any atom is -0.493 e. The van der Waals surface area contributed by atoms with E-state index in [1.54, 1.807) is 13.3 Å². The second-order valence-corrected chi connectivity index (χ2v) is 9.09. The highest BCUT2D eigenvalue weighted by atomic mass is 16.5. The zero-order valence-electron chi connectivity index (χ0n) is 20.8. The fourth-order valence-electron chi connectivity index (χ4n) is 4.16. The van der Waals surface area contributed by atoms with Crippen LogP contribution in [0.4, 0.5) is 0 Å². The number of aromatic nitrogens is 2. The van der Waals surface area contributed by atoms with Gasteiger partial charge < -0.3 is 28.6 Å². The molecule has 1 aromatic heterocycles. The van der Waals surface area contributed by atoms with E-state index in [0.29, 0.717) is 44.3 Å². The normalized spacial score (nSPS) is 18.7. The van der Waals surface area contributed by atoms with E-state index in [-0.39, 0.29) is 13.2 Å². The van der Waals surface area contributed by atoms with Gasteiger partial charge in [0.1, 0.15) is 30.4 Å². The second kappa shape index (κ2) is 11.6. The standard InChI is InChI=1S/C27H35N3O5/c1-21-4-7-24(8-5-21)35-20-27(31)18-29(12-14-33-19-27)17-23-6-9-25(32-3)26(16-23)34-15-13-30-11-10-28-22(30)2/h4-11,16,31H,12-15,17-20H2,1-3H3. The summed E-state index contributed by atoms with van der Waals surface area (Å²) in [7, 11) is 1.64. The number of β-amino-alcohol motifs (C(OH)–C–C–N with tert-alkyl or cyclic N) is 1. The summed E-state index contributed by atoms with van der Waals surface area (Å²) in [4.78, 5) is 6.43. The van der Waals surface area contributed by atoms with E-state index in [1.165, 1.54) is 5.56 Å². The van der Waals surface area contributed by atoms with Crippen LogP contribution in [0.2, 0.25) is 0 Å². The summed E-state index contributed by atoms with van der Waals surface area (Å²) < 4.78 is 25.2. The molecule has 35 heavy (non-hydrogen) atoms. The lowest BCUT2D eigenvalue weighted by atomic mass is 10.1. The molecule has 0 saturated carbocycles. The fraction of sp³-hybridized carbons (Fsp3) is 0.444. The van der Waals surface area contributed by atoms with Gasteiger partial charge in [0.25, 0.3) is 0 Å². The van der Waals surface area contributed by atoms with Gasteiger partial charge in [0.15, 0.2) is 11.5 Å². The molecule has 4 rings (SSSR count). The first-order valence-corrected chi connectivity index (χ1v) is 11.9. The molecule has 1 aliphatic heterocycles. The number of nitrogens with zero attached hydrogens (tertiary/aromatic N) is 3. The van der Waals surface area contributed by atoms with E-state index >= 15 is 0 Å². The Kier molecular flexibility index (Phi) is 8.28. The third-order valence-electron chi connectivity index (χ3n) is 6.12. The molecule has 2 aromatic carbocycles. The third-order valence-corrected chi connectivity index (χ3v) is 6.12. The molecule has 0 amide bonds. The summed E-state index contributed by atoms with van der Waals surface area (Å²) in [5, 5.41) is 11.2. The Morgan fingerprint density at radius 2 is 1.91 bits per heavy atom. The Bertz CT molecular complexity index is 1080. The summed E-state index contributed by atoms with van der Waals surface area (Å²) in [5.41, 5.74) is 1.14. The largest absolute Gasteiger partial charge is 0.493 e. The fourth-order valence-corrected chi connectivity index (χ4v) is 4.16. The highest BCUT2D eigenvalue weighted by Gasteiger charge is 2.33. The van der Waals surface area contributed by atoms with Crippen LogP contribution in [0.25, 0.3) is 0 Å². The Labute approximate surface area is 207 Å². The Morgan fingerprint density at radius 3 is 2.66 bits per heavy atom. The maximum atomic E-state index is 11.2. The number of aliphatic hydroxyl groups is 1. The molecule has 1 unspecified atom stereocenters. The van der Waals surface area contributed by atoms with Gasteiger partial charge in [-0.2, -0.15) is 0 Å². The van der Waals surface area contributed by atoms with Gasteiger partial charge in [0.05, 0.1) is 26.9 Å². The van der Waals surface area contributed by atoms with Gasteiger partial charge in [-0.05, 0) is 43.7 Å². The summed E-state index contributed by atoms with van der Waals surface area (Å²) >= 11 is 0. The number of benzene rings is 2. The maximum Gasteiger partial charge on any atom is 0.161 e. The number of methoxy groups -OCH3 is 1. The monoisotopic (exact) mass is 481 g/mol. The number of hydrogen-bond donors (Lipinski definition) is 1. The SMILES string of the molecule is COc1ccc(CN2CCOCC(O)(COc3ccc(C)cc3)C2)cc1OCCn1ccnc1C. The van der Waals surface area contributed by atoms with E-state index in [2.05, 4.69) is 9.88 Å². The molecule has 0 spiro atoms. The Hall–Kier alpha value is -3.07. The van der Waals surface area contributed by atoms with Crippen molar-refractivity contribution in [2.75, 3.05) is 46.6 Å². The zero-order chi connectivity index (χ0) is 24.7. The molecule has 1 saturated heterocycles. The van der Waals surface area contributed by atoms with Crippen molar-refractivity contribution in [1.29, 1.82) is 0 Å². The van der Waals surface area contributed by atoms with Crippen LogP contribution in [0.15, 0.2) is 54.9 Å². The lowest BCUT2D eigenvalue weighted by Crippen LogP contribution is -2.48. The van der Waals surface area contributed by atoms with Crippen LogP contribution < -0.4 is 14.2 Å². The highest BCUT2D eigenvalue weighted by Crippen LogP contribution is 2.29. The lowest BCUT2D eigenvalue weighted by Gasteiger charge is -2.30. The molecule has 2 heterocycles. The minimum absolute atomic E-state index is 0.164. The highest BCUT2D eigenvalue weighted by molar-refractivity contribution is 5.43. The Balaban J connectivity index is 1.37. The van der Waals surface area contributed by atoms with Crippen LogP contribution in [0.3, 0.4) is 0 Å². The maximum absolute atomic E-state index is 11.2. The van der Waals surface area contributed by atoms with Crippen LogP contribution >= 0.6 is 0 Å². The van der Waals surface area contributed by atoms with E-state index in [1.807, 2.05) is 67.1 Å². The van der Waals surface area contributed by atoms with Crippen LogP contribution in [0.5, 0.6) is 17.2 Å². The van der Waals surface area contributed by atoms with Crippen molar-refractivity contribution in [1.82, 2.24) is 14.5 Å². The molecular weight excluding hydrogens is 446 g/mol. The van der Waals surface area contributed by atoms with Gasteiger partial charge in [-0.3, -0.25) is 4.90 Å². The van der Waals surface area contributed by atoms with Gasteiger partial charge in [0.2, 0.25) is 0 Å². The van der Waals surface area contributed by atoms with E-state index in [4.69, 9.17) is 18.9 Å². The van der Waals surface area contributed by atoms with Crippen molar-refractivity contribution >= 4 is 0 Å². The van der Waals surface area contributed by atoms with Crippen molar-refractivity contribution in [2.45, 2.75) is 32.5 Å². The topological polar surface area (TPSA) is 78.2 Å². The van der Waals surface area contributed by atoms with Crippen LogP contribution in [-0.4, -0.2) is 71.8 Å². The van der Waals surface area contributed by atoms with E-state index in [9.17, 15) is 5.11 Å². The summed E-state index contributed by atoms with van der Waals surface area (Å²) in [5.74, 6) is 3.09. The average Bonchev–Trinajstić information content (AvgIpc) is 3.16. The van der Waals surface area contributed by atoms with E-state index in [0.717, 1.165) is 23.7 Å². The molecule has 1 atom stereocenters. The van der Waals surface area contributed by atoms with Crippen molar-refractivity contribution in [2.24, 2.45) is 0 Å². The summed E-state index contributed by atoms with van der Waals surface area (Å²) in [6.07, 6.45) is 3.73. The molecule has 3 aromatic rings. The van der Waals surface area contributed by atoms with Crippen molar-refractivity contribution in [3.8, 4) is 17.2 Å². The number of hydrogen-bond acceptors (Lipinski definition) is 7. The Morgan fingerprint density at radius 1 is 1.09 bits per heavy atom. The first-order chi connectivity index (χ1) is 16.9. The summed E-state index contributed by atoms with van der Waals surface area (Å²) in [6, 6.07) is 13.8. The van der Waals surface area contributed by atoms with Gasteiger partial charge in [-0.25, -0.2) is 4.98 Å². The van der Waals surface area contributed by atoms with Crippen molar-refractivity contribution in [3.05, 3.63) is 71.8 Å². The quantitative estimate of drug-likeness (QED) is 0.476. The molecule has 0 radical (unpaired) electrons. The van der Waals surface area contributed by atoms with Crippen LogP contribution in [0, 0.1) is 13.8 Å². The van der Waals surface area contributed by atoms with Crippen LogP contribution in [0.1, 0.15) is 17.0 Å². The lowest BCUT2D eigenvalue weighted by molar-refractivity contribution is -0.0646. The molecule has 1 aliphatic rings. The molecule has 1 N–H and O–H groups in total. The summed E-state index contributed by atoms with van der Waals surface area (Å²) in [6.45, 7) is 7.98. The van der Waals surface area contributed by atoms with Gasteiger partial charge in [-0.1, -0.05) is 23.8 Å². The minimum atomic E-state index is -1.10.